The number of hydrogen-bond acceptors (Lipinski definition) is 8. The molecule has 0 bridgehead atoms. The Morgan fingerprint density at radius 3 is 3.07 bits per heavy atom. The molecule has 0 spiro atoms. The number of nitrogens with zero attached hydrogens (tertiary/aromatic N) is 3. The Morgan fingerprint density at radius 2 is 2.28 bits per heavy atom. The second kappa shape index (κ2) is 8.22. The number of rotatable bonds is 5. The number of esters is 1. The van der Waals surface area contributed by atoms with Crippen molar-refractivity contribution in [1.29, 1.82) is 0 Å². The largest absolute Gasteiger partial charge is 0.452 e. The number of halogens is 1. The number of carbonyl (C=O) groups is 2. The first kappa shape index (κ1) is 19.4. The normalized spacial score (nSPS) is 16.6. The fraction of sp³-hybridized carbons (Fsp3) is 0.211. The molecule has 1 aliphatic rings. The third-order valence-corrected chi connectivity index (χ3v) is 5.64. The van der Waals surface area contributed by atoms with Gasteiger partial charge in [-0.25, -0.2) is 0 Å². The highest BCUT2D eigenvalue weighted by molar-refractivity contribution is 8.01. The van der Waals surface area contributed by atoms with Gasteiger partial charge in [0.05, 0.1) is 17.4 Å². The average Bonchev–Trinajstić information content (AvgIpc) is 3.20. The van der Waals surface area contributed by atoms with Crippen LogP contribution in [0.1, 0.15) is 25.3 Å². The van der Waals surface area contributed by atoms with Gasteiger partial charge in [0.2, 0.25) is 11.7 Å². The molecule has 3 aromatic rings. The van der Waals surface area contributed by atoms with E-state index in [1.54, 1.807) is 49.6 Å². The monoisotopic (exact) mass is 430 g/mol. The molecule has 0 radical (unpaired) electrons. The summed E-state index contributed by atoms with van der Waals surface area (Å²) in [7, 11) is 0. The number of carbonyl (C=O) groups excluding carboxylic acids is 2. The SMILES string of the molecule is C[C@@H](OC(=O)C[C@H]1Sc2ccc(Cl)cc2NC1=O)c1nc(-c2cccnc2)no1. The maximum Gasteiger partial charge on any atom is 0.308 e. The molecule has 0 aliphatic carbocycles. The van der Waals surface area contributed by atoms with Gasteiger partial charge in [-0.05, 0) is 37.3 Å². The zero-order valence-corrected chi connectivity index (χ0v) is 16.7. The van der Waals surface area contributed by atoms with E-state index in [9.17, 15) is 9.59 Å². The summed E-state index contributed by atoms with van der Waals surface area (Å²) in [5, 5.41) is 6.57. The average molecular weight is 431 g/mol. The molecule has 148 valence electrons. The molecule has 0 saturated heterocycles. The molecule has 2 aromatic heterocycles. The van der Waals surface area contributed by atoms with Gasteiger partial charge in [-0.3, -0.25) is 14.6 Å². The first-order valence-electron chi connectivity index (χ1n) is 8.70. The summed E-state index contributed by atoms with van der Waals surface area (Å²) in [6, 6.07) is 8.77. The van der Waals surface area contributed by atoms with Gasteiger partial charge in [0, 0.05) is 27.9 Å². The van der Waals surface area contributed by atoms with Crippen molar-refractivity contribution in [3.63, 3.8) is 0 Å². The van der Waals surface area contributed by atoms with Gasteiger partial charge >= 0.3 is 5.97 Å². The molecule has 10 heteroatoms. The van der Waals surface area contributed by atoms with E-state index in [0.29, 0.717) is 22.1 Å². The van der Waals surface area contributed by atoms with Gasteiger partial charge in [-0.1, -0.05) is 16.8 Å². The lowest BCUT2D eigenvalue weighted by atomic mass is 10.2. The van der Waals surface area contributed by atoms with Crippen molar-refractivity contribution in [2.45, 2.75) is 29.6 Å². The molecule has 8 nitrogen and oxygen atoms in total. The Labute approximate surface area is 175 Å². The molecule has 0 fully saturated rings. The predicted molar refractivity (Wildman–Crippen MR) is 106 cm³/mol. The number of pyridine rings is 1. The highest BCUT2D eigenvalue weighted by Crippen LogP contribution is 2.38. The molecule has 2 atom stereocenters. The summed E-state index contributed by atoms with van der Waals surface area (Å²) in [6.07, 6.45) is 2.41. The molecular weight excluding hydrogens is 416 g/mol. The predicted octanol–water partition coefficient (Wildman–Crippen LogP) is 3.89. The number of ether oxygens (including phenoxy) is 1. The van der Waals surface area contributed by atoms with Crippen LogP contribution in [0, 0.1) is 0 Å². The minimum atomic E-state index is -0.747. The lowest BCUT2D eigenvalue weighted by Gasteiger charge is -2.23. The van der Waals surface area contributed by atoms with Crippen LogP contribution < -0.4 is 5.32 Å². The fourth-order valence-electron chi connectivity index (χ4n) is 2.72. The number of benzene rings is 1. The number of fused-ring (bicyclic) bond motifs is 1. The van der Waals surface area contributed by atoms with Crippen LogP contribution in [0.15, 0.2) is 52.1 Å². The van der Waals surface area contributed by atoms with Crippen molar-refractivity contribution in [3.8, 4) is 11.4 Å². The van der Waals surface area contributed by atoms with Crippen molar-refractivity contribution in [3.05, 3.63) is 53.6 Å². The second-order valence-electron chi connectivity index (χ2n) is 6.27. The Morgan fingerprint density at radius 1 is 1.41 bits per heavy atom. The van der Waals surface area contributed by atoms with Crippen molar-refractivity contribution >= 4 is 40.9 Å². The fourth-order valence-corrected chi connectivity index (χ4v) is 3.96. The lowest BCUT2D eigenvalue weighted by Crippen LogP contribution is -2.31. The van der Waals surface area contributed by atoms with Crippen LogP contribution in [-0.4, -0.2) is 32.3 Å². The molecular formula is C19H15ClN4O4S. The van der Waals surface area contributed by atoms with Crippen LogP contribution in [-0.2, 0) is 14.3 Å². The van der Waals surface area contributed by atoms with Gasteiger partial charge in [0.25, 0.3) is 5.89 Å². The number of hydrogen-bond donors (Lipinski definition) is 1. The van der Waals surface area contributed by atoms with Gasteiger partial charge in [-0.2, -0.15) is 4.98 Å². The van der Waals surface area contributed by atoms with Crippen LogP contribution in [0.4, 0.5) is 5.69 Å². The molecule has 29 heavy (non-hydrogen) atoms. The second-order valence-corrected chi connectivity index (χ2v) is 7.95. The van der Waals surface area contributed by atoms with E-state index >= 15 is 0 Å². The number of thioether (sulfide) groups is 1. The molecule has 1 aromatic carbocycles. The van der Waals surface area contributed by atoms with E-state index in [1.807, 2.05) is 0 Å². The third kappa shape index (κ3) is 4.41. The van der Waals surface area contributed by atoms with Gasteiger partial charge in [0.1, 0.15) is 0 Å². The Balaban J connectivity index is 1.38. The molecule has 1 N–H and O–H groups in total. The zero-order valence-electron chi connectivity index (χ0n) is 15.2. The number of nitrogens with one attached hydrogen (secondary N) is 1. The van der Waals surface area contributed by atoms with Crippen LogP contribution >= 0.6 is 23.4 Å². The first-order valence-corrected chi connectivity index (χ1v) is 9.96. The summed E-state index contributed by atoms with van der Waals surface area (Å²) in [5.41, 5.74) is 1.33. The number of aromatic nitrogens is 3. The lowest BCUT2D eigenvalue weighted by molar-refractivity contribution is -0.150. The van der Waals surface area contributed by atoms with Crippen molar-refractivity contribution in [2.75, 3.05) is 5.32 Å². The van der Waals surface area contributed by atoms with Crippen LogP contribution in [0.5, 0.6) is 0 Å². The number of anilines is 1. The zero-order chi connectivity index (χ0) is 20.4. The molecule has 1 aliphatic heterocycles. The molecule has 0 saturated carbocycles. The summed E-state index contributed by atoms with van der Waals surface area (Å²) >= 11 is 7.24. The van der Waals surface area contributed by atoms with Crippen molar-refractivity contribution < 1.29 is 18.8 Å². The minimum Gasteiger partial charge on any atom is -0.452 e. The van der Waals surface area contributed by atoms with E-state index in [1.165, 1.54) is 11.8 Å². The first-order chi connectivity index (χ1) is 14.0. The quantitative estimate of drug-likeness (QED) is 0.607. The van der Waals surface area contributed by atoms with E-state index < -0.39 is 17.3 Å². The highest BCUT2D eigenvalue weighted by atomic mass is 35.5. The van der Waals surface area contributed by atoms with Crippen LogP contribution in [0.2, 0.25) is 5.02 Å². The van der Waals surface area contributed by atoms with Crippen molar-refractivity contribution in [2.24, 2.45) is 0 Å². The maximum absolute atomic E-state index is 12.3. The van der Waals surface area contributed by atoms with Gasteiger partial charge in [-0.15, -0.1) is 11.8 Å². The van der Waals surface area contributed by atoms with Crippen LogP contribution in [0.25, 0.3) is 11.4 Å². The van der Waals surface area contributed by atoms with Gasteiger partial charge < -0.3 is 14.6 Å². The molecule has 0 unspecified atom stereocenters. The molecule has 3 heterocycles. The summed E-state index contributed by atoms with van der Waals surface area (Å²) in [6.45, 7) is 1.63. The summed E-state index contributed by atoms with van der Waals surface area (Å²) in [5.74, 6) is -0.291. The maximum atomic E-state index is 12.3. The summed E-state index contributed by atoms with van der Waals surface area (Å²) in [4.78, 5) is 33.7. The number of amides is 1. The topological polar surface area (TPSA) is 107 Å². The van der Waals surface area contributed by atoms with E-state index in [2.05, 4.69) is 20.4 Å². The van der Waals surface area contributed by atoms with Gasteiger partial charge in [0.15, 0.2) is 6.10 Å². The Hall–Kier alpha value is -2.91. The van der Waals surface area contributed by atoms with E-state index in [4.69, 9.17) is 20.9 Å². The summed E-state index contributed by atoms with van der Waals surface area (Å²) < 4.78 is 10.6. The van der Waals surface area contributed by atoms with Crippen molar-refractivity contribution in [1.82, 2.24) is 15.1 Å². The molecule has 4 rings (SSSR count). The smallest absolute Gasteiger partial charge is 0.308 e. The molecule has 1 amide bonds. The van der Waals surface area contributed by atoms with Crippen LogP contribution in [0.3, 0.4) is 0 Å². The van der Waals surface area contributed by atoms with E-state index in [0.717, 1.165) is 4.90 Å². The standard InChI is InChI=1S/C19H15ClN4O4S/c1-10(19-23-17(24-28-19)11-3-2-6-21-9-11)27-16(25)8-15-18(26)22-13-7-12(20)4-5-14(13)29-15/h2-7,9-10,15H,8H2,1H3,(H,22,26)/t10-,15-/m1/s1. The van der Waals surface area contributed by atoms with E-state index in [-0.39, 0.29) is 18.2 Å². The highest BCUT2D eigenvalue weighted by Gasteiger charge is 2.31. The Bertz CT molecular complexity index is 1060. The Kier molecular flexibility index (Phi) is 5.50. The minimum absolute atomic E-state index is 0.0908. The third-order valence-electron chi connectivity index (χ3n) is 4.13.